The minimum atomic E-state index is -4.39. The molecule has 0 radical (unpaired) electrons. The van der Waals surface area contributed by atoms with E-state index in [1.54, 1.807) is 0 Å². The molecule has 0 spiro atoms. The summed E-state index contributed by atoms with van der Waals surface area (Å²) in [5.74, 6) is 0. The molecule has 114 valence electrons. The van der Waals surface area contributed by atoms with E-state index in [-0.39, 0.29) is 17.9 Å². The number of ether oxygens (including phenoxy) is 1. The highest BCUT2D eigenvalue weighted by Gasteiger charge is 2.33. The fourth-order valence-corrected chi connectivity index (χ4v) is 1.97. The first-order valence-electron chi connectivity index (χ1n) is 6.98. The van der Waals surface area contributed by atoms with Crippen LogP contribution in [0.2, 0.25) is 0 Å². The van der Waals surface area contributed by atoms with Crippen molar-refractivity contribution in [3.63, 3.8) is 0 Å². The zero-order valence-electron chi connectivity index (χ0n) is 11.8. The Morgan fingerprint density at radius 2 is 1.80 bits per heavy atom. The largest absolute Gasteiger partial charge is 0.416 e. The number of unbranched alkanes of at least 4 members (excludes halogenated alkanes) is 4. The molecule has 0 aliphatic heterocycles. The lowest BCUT2D eigenvalue weighted by molar-refractivity contribution is -0.138. The van der Waals surface area contributed by atoms with Gasteiger partial charge in [-0.15, -0.1) is 0 Å². The number of halogens is 3. The molecule has 2 N–H and O–H groups in total. The van der Waals surface area contributed by atoms with Crippen molar-refractivity contribution in [3.8, 4) is 0 Å². The Bertz CT molecular complexity index is 405. The number of nitrogen functional groups attached to an aromatic ring is 1. The smallest absolute Gasteiger partial charge is 0.399 e. The lowest BCUT2D eigenvalue weighted by atomic mass is 10.1. The second-order valence-electron chi connectivity index (χ2n) is 4.88. The molecule has 0 aliphatic carbocycles. The van der Waals surface area contributed by atoms with Crippen molar-refractivity contribution in [1.82, 2.24) is 0 Å². The van der Waals surface area contributed by atoms with E-state index in [2.05, 4.69) is 6.92 Å². The molecule has 20 heavy (non-hydrogen) atoms. The molecule has 1 aromatic rings. The summed E-state index contributed by atoms with van der Waals surface area (Å²) in [6.07, 6.45) is 1.06. The van der Waals surface area contributed by atoms with E-state index in [1.807, 2.05) is 0 Å². The van der Waals surface area contributed by atoms with Gasteiger partial charge in [0, 0.05) is 12.3 Å². The fraction of sp³-hybridized carbons (Fsp3) is 0.600. The van der Waals surface area contributed by atoms with Gasteiger partial charge in [-0.1, -0.05) is 38.7 Å². The zero-order valence-corrected chi connectivity index (χ0v) is 11.8. The summed E-state index contributed by atoms with van der Waals surface area (Å²) in [5, 5.41) is 0. The Kier molecular flexibility index (Phi) is 6.85. The van der Waals surface area contributed by atoms with E-state index in [0.717, 1.165) is 25.3 Å². The second kappa shape index (κ2) is 8.15. The van der Waals surface area contributed by atoms with Gasteiger partial charge in [-0.25, -0.2) is 0 Å². The maximum Gasteiger partial charge on any atom is 0.416 e. The van der Waals surface area contributed by atoms with Crippen LogP contribution >= 0.6 is 0 Å². The van der Waals surface area contributed by atoms with E-state index in [1.165, 1.54) is 25.0 Å². The normalized spacial score (nSPS) is 11.8. The zero-order chi connectivity index (χ0) is 15.0. The number of benzene rings is 1. The van der Waals surface area contributed by atoms with Crippen LogP contribution in [0.25, 0.3) is 0 Å². The Balaban J connectivity index is 2.44. The number of hydrogen-bond acceptors (Lipinski definition) is 2. The van der Waals surface area contributed by atoms with Crippen LogP contribution in [-0.2, 0) is 17.5 Å². The van der Waals surface area contributed by atoms with Crippen LogP contribution in [0.1, 0.15) is 50.2 Å². The first kappa shape index (κ1) is 16.8. The minimum Gasteiger partial charge on any atom is -0.399 e. The lowest BCUT2D eigenvalue weighted by Gasteiger charge is -2.13. The molecule has 2 nitrogen and oxygen atoms in total. The third-order valence-corrected chi connectivity index (χ3v) is 3.09. The number of hydrogen-bond donors (Lipinski definition) is 1. The summed E-state index contributed by atoms with van der Waals surface area (Å²) in [6.45, 7) is 2.60. The van der Waals surface area contributed by atoms with Crippen molar-refractivity contribution in [1.29, 1.82) is 0 Å². The third kappa shape index (κ3) is 5.82. The Hall–Kier alpha value is -1.23. The van der Waals surface area contributed by atoms with Crippen LogP contribution in [0, 0.1) is 0 Å². The molecule has 0 saturated heterocycles. The van der Waals surface area contributed by atoms with Gasteiger partial charge in [0.05, 0.1) is 12.2 Å². The maximum atomic E-state index is 12.8. The summed E-state index contributed by atoms with van der Waals surface area (Å²) in [5.41, 5.74) is 4.95. The number of nitrogens with two attached hydrogens (primary N) is 1. The molecule has 0 saturated carbocycles. The third-order valence-electron chi connectivity index (χ3n) is 3.09. The number of anilines is 1. The second-order valence-corrected chi connectivity index (χ2v) is 4.88. The van der Waals surface area contributed by atoms with Gasteiger partial charge >= 0.3 is 6.18 Å². The lowest BCUT2D eigenvalue weighted by Crippen LogP contribution is -2.11. The molecule has 5 heteroatoms. The van der Waals surface area contributed by atoms with Gasteiger partial charge in [0.15, 0.2) is 0 Å². The van der Waals surface area contributed by atoms with Crippen molar-refractivity contribution < 1.29 is 17.9 Å². The quantitative estimate of drug-likeness (QED) is 0.552. The monoisotopic (exact) mass is 289 g/mol. The van der Waals surface area contributed by atoms with Gasteiger partial charge in [-0.2, -0.15) is 13.2 Å². The Labute approximate surface area is 118 Å². The molecule has 0 heterocycles. The molecule has 0 amide bonds. The molecule has 0 bridgehead atoms. The van der Waals surface area contributed by atoms with Crippen molar-refractivity contribution in [2.24, 2.45) is 0 Å². The van der Waals surface area contributed by atoms with Gasteiger partial charge in [0.2, 0.25) is 0 Å². The predicted molar refractivity (Wildman–Crippen MR) is 74.3 cm³/mol. The summed E-state index contributed by atoms with van der Waals surface area (Å²) in [4.78, 5) is 0. The van der Waals surface area contributed by atoms with Crippen LogP contribution in [-0.4, -0.2) is 6.61 Å². The Morgan fingerprint density at radius 1 is 1.10 bits per heavy atom. The topological polar surface area (TPSA) is 35.2 Å². The van der Waals surface area contributed by atoms with Gasteiger partial charge in [0.25, 0.3) is 0 Å². The number of alkyl halides is 3. The van der Waals surface area contributed by atoms with Crippen LogP contribution in [0.3, 0.4) is 0 Å². The highest BCUT2D eigenvalue weighted by Crippen LogP contribution is 2.33. The molecule has 1 aromatic carbocycles. The van der Waals surface area contributed by atoms with Crippen molar-refractivity contribution in [2.75, 3.05) is 12.3 Å². The Morgan fingerprint density at radius 3 is 2.45 bits per heavy atom. The van der Waals surface area contributed by atoms with E-state index >= 15 is 0 Å². The van der Waals surface area contributed by atoms with Gasteiger partial charge in [-0.05, 0) is 24.1 Å². The van der Waals surface area contributed by atoms with Crippen LogP contribution in [0.5, 0.6) is 0 Å². The molecule has 0 unspecified atom stereocenters. The minimum absolute atomic E-state index is 0.0249. The molecule has 0 aromatic heterocycles. The van der Waals surface area contributed by atoms with E-state index in [9.17, 15) is 13.2 Å². The standard InChI is InChI=1S/C15H22F3NO/c1-2-3-4-5-6-9-20-11-12-7-8-13(19)10-14(12)15(16,17)18/h7-8,10H,2-6,9,11,19H2,1H3. The van der Waals surface area contributed by atoms with E-state index < -0.39 is 11.7 Å². The molecule has 0 fully saturated rings. The number of rotatable bonds is 8. The molecule has 1 rings (SSSR count). The van der Waals surface area contributed by atoms with Crippen LogP contribution < -0.4 is 5.73 Å². The van der Waals surface area contributed by atoms with Crippen LogP contribution in [0.4, 0.5) is 18.9 Å². The molecular weight excluding hydrogens is 267 g/mol. The first-order chi connectivity index (χ1) is 9.45. The molecule has 0 atom stereocenters. The van der Waals surface area contributed by atoms with Gasteiger partial charge in [-0.3, -0.25) is 0 Å². The highest BCUT2D eigenvalue weighted by molar-refractivity contribution is 5.45. The average Bonchev–Trinajstić information content (AvgIpc) is 2.38. The van der Waals surface area contributed by atoms with E-state index in [4.69, 9.17) is 10.5 Å². The van der Waals surface area contributed by atoms with E-state index in [0.29, 0.717) is 6.61 Å². The first-order valence-corrected chi connectivity index (χ1v) is 6.98. The summed E-state index contributed by atoms with van der Waals surface area (Å²) in [7, 11) is 0. The fourth-order valence-electron chi connectivity index (χ4n) is 1.97. The highest BCUT2D eigenvalue weighted by atomic mass is 19.4. The van der Waals surface area contributed by atoms with Crippen molar-refractivity contribution >= 4 is 5.69 Å². The van der Waals surface area contributed by atoms with Crippen molar-refractivity contribution in [3.05, 3.63) is 29.3 Å². The molecule has 0 aliphatic rings. The summed E-state index contributed by atoms with van der Waals surface area (Å²) in [6, 6.07) is 3.81. The van der Waals surface area contributed by atoms with Gasteiger partial charge < -0.3 is 10.5 Å². The summed E-state index contributed by atoms with van der Waals surface area (Å²) >= 11 is 0. The van der Waals surface area contributed by atoms with Gasteiger partial charge in [0.1, 0.15) is 0 Å². The average molecular weight is 289 g/mol. The maximum absolute atomic E-state index is 12.8. The molecular formula is C15H22F3NO. The predicted octanol–water partition coefficient (Wildman–Crippen LogP) is 4.77. The SMILES string of the molecule is CCCCCCCOCc1ccc(N)cc1C(F)(F)F. The van der Waals surface area contributed by atoms with Crippen LogP contribution in [0.15, 0.2) is 18.2 Å². The summed E-state index contributed by atoms with van der Waals surface area (Å²) < 4.78 is 43.8. The van der Waals surface area contributed by atoms with Crippen molar-refractivity contribution in [2.45, 2.75) is 51.8 Å².